The molecule has 2 N–H and O–H groups in total. The fourth-order valence-corrected chi connectivity index (χ4v) is 4.16. The molecule has 1 aliphatic carbocycles. The van der Waals surface area contributed by atoms with E-state index in [1.807, 2.05) is 30.3 Å². The molecule has 3 atom stereocenters. The second-order valence-electron chi connectivity index (χ2n) is 6.64. The SMILES string of the molecule is N#CC(N)(CCN1CCCC2CCCC21)c1ccccc1. The largest absolute Gasteiger partial charge is 0.310 e. The number of hydrogen-bond acceptors (Lipinski definition) is 3. The van der Waals surface area contributed by atoms with Crippen molar-refractivity contribution in [2.75, 3.05) is 13.1 Å². The van der Waals surface area contributed by atoms with Crippen molar-refractivity contribution in [1.82, 2.24) is 4.90 Å². The van der Waals surface area contributed by atoms with Gasteiger partial charge in [0.05, 0.1) is 6.07 Å². The lowest BCUT2D eigenvalue weighted by Crippen LogP contribution is -2.46. The van der Waals surface area contributed by atoms with E-state index in [4.69, 9.17) is 5.73 Å². The second kappa shape index (κ2) is 6.17. The van der Waals surface area contributed by atoms with Gasteiger partial charge in [0.25, 0.3) is 0 Å². The predicted molar refractivity (Wildman–Crippen MR) is 84.5 cm³/mol. The molecule has 0 aromatic heterocycles. The normalized spacial score (nSPS) is 28.6. The van der Waals surface area contributed by atoms with Crippen LogP contribution in [0.2, 0.25) is 0 Å². The molecule has 1 saturated carbocycles. The molecule has 1 aromatic carbocycles. The maximum Gasteiger partial charge on any atom is 0.131 e. The van der Waals surface area contributed by atoms with E-state index >= 15 is 0 Å². The first-order chi connectivity index (χ1) is 10.2. The summed E-state index contributed by atoms with van der Waals surface area (Å²) in [5, 5.41) is 9.56. The summed E-state index contributed by atoms with van der Waals surface area (Å²) in [6, 6.07) is 12.9. The maximum atomic E-state index is 9.56. The molecule has 0 amide bonds. The van der Waals surface area contributed by atoms with Crippen molar-refractivity contribution in [2.24, 2.45) is 11.7 Å². The fourth-order valence-electron chi connectivity index (χ4n) is 4.16. The minimum absolute atomic E-state index is 0.719. The number of nitrogens with zero attached hydrogens (tertiary/aromatic N) is 2. The molecule has 0 bridgehead atoms. The van der Waals surface area contributed by atoms with E-state index in [0.29, 0.717) is 0 Å². The van der Waals surface area contributed by atoms with E-state index in [1.165, 1.54) is 38.6 Å². The second-order valence-corrected chi connectivity index (χ2v) is 6.64. The first-order valence-electron chi connectivity index (χ1n) is 8.23. The average Bonchev–Trinajstić information content (AvgIpc) is 3.02. The molecular formula is C18H25N3. The molecular weight excluding hydrogens is 258 g/mol. The lowest BCUT2D eigenvalue weighted by atomic mass is 9.87. The summed E-state index contributed by atoms with van der Waals surface area (Å²) in [7, 11) is 0. The molecule has 3 unspecified atom stereocenters. The number of benzene rings is 1. The highest BCUT2D eigenvalue weighted by Gasteiger charge is 2.36. The van der Waals surface area contributed by atoms with Crippen molar-refractivity contribution in [3.05, 3.63) is 35.9 Å². The number of nitriles is 1. The molecule has 3 nitrogen and oxygen atoms in total. The van der Waals surface area contributed by atoms with E-state index in [0.717, 1.165) is 30.5 Å². The first-order valence-corrected chi connectivity index (χ1v) is 8.23. The Morgan fingerprint density at radius 1 is 1.19 bits per heavy atom. The molecule has 3 rings (SSSR count). The molecule has 1 aromatic rings. The molecule has 0 spiro atoms. The molecule has 2 aliphatic rings. The van der Waals surface area contributed by atoms with Gasteiger partial charge in [-0.1, -0.05) is 36.8 Å². The Hall–Kier alpha value is -1.37. The minimum atomic E-state index is -0.854. The Labute approximate surface area is 127 Å². The lowest BCUT2D eigenvalue weighted by molar-refractivity contribution is 0.106. The average molecular weight is 283 g/mol. The third kappa shape index (κ3) is 2.97. The summed E-state index contributed by atoms with van der Waals surface area (Å²) in [4.78, 5) is 2.60. The Morgan fingerprint density at radius 3 is 2.71 bits per heavy atom. The van der Waals surface area contributed by atoms with Crippen LogP contribution in [0, 0.1) is 17.2 Å². The molecule has 21 heavy (non-hydrogen) atoms. The fraction of sp³-hybridized carbons (Fsp3) is 0.611. The van der Waals surface area contributed by atoms with E-state index in [9.17, 15) is 5.26 Å². The predicted octanol–water partition coefficient (Wildman–Crippen LogP) is 3.02. The molecule has 2 fully saturated rings. The third-order valence-corrected chi connectivity index (χ3v) is 5.39. The van der Waals surface area contributed by atoms with Crippen LogP contribution in [0.25, 0.3) is 0 Å². The molecule has 0 radical (unpaired) electrons. The topological polar surface area (TPSA) is 53.1 Å². The quantitative estimate of drug-likeness (QED) is 0.924. The lowest BCUT2D eigenvalue weighted by Gasteiger charge is -2.39. The Kier molecular flexibility index (Phi) is 4.28. The van der Waals surface area contributed by atoms with Crippen LogP contribution in [0.15, 0.2) is 30.3 Å². The highest BCUT2D eigenvalue weighted by molar-refractivity contribution is 5.30. The smallest absolute Gasteiger partial charge is 0.131 e. The Balaban J connectivity index is 1.67. The number of fused-ring (bicyclic) bond motifs is 1. The first kappa shape index (κ1) is 14.6. The van der Waals surface area contributed by atoms with Crippen LogP contribution < -0.4 is 5.73 Å². The van der Waals surface area contributed by atoms with Crippen LogP contribution in [-0.4, -0.2) is 24.0 Å². The van der Waals surface area contributed by atoms with Gasteiger partial charge in [-0.3, -0.25) is 4.90 Å². The molecule has 1 aliphatic heterocycles. The summed E-state index contributed by atoms with van der Waals surface area (Å²) < 4.78 is 0. The molecule has 112 valence electrons. The van der Waals surface area contributed by atoms with Crippen LogP contribution in [0.5, 0.6) is 0 Å². The number of hydrogen-bond donors (Lipinski definition) is 1. The van der Waals surface area contributed by atoms with Gasteiger partial charge in [-0.25, -0.2) is 0 Å². The van der Waals surface area contributed by atoms with Crippen LogP contribution in [0.1, 0.15) is 44.1 Å². The van der Waals surface area contributed by atoms with Gasteiger partial charge in [0.15, 0.2) is 0 Å². The van der Waals surface area contributed by atoms with Gasteiger partial charge < -0.3 is 5.73 Å². The van der Waals surface area contributed by atoms with Crippen LogP contribution in [0.3, 0.4) is 0 Å². The zero-order valence-electron chi connectivity index (χ0n) is 12.7. The van der Waals surface area contributed by atoms with E-state index < -0.39 is 5.54 Å². The van der Waals surface area contributed by atoms with Crippen molar-refractivity contribution in [2.45, 2.75) is 50.1 Å². The highest BCUT2D eigenvalue weighted by atomic mass is 15.2. The Bertz CT molecular complexity index is 507. The van der Waals surface area contributed by atoms with E-state index in [2.05, 4.69) is 11.0 Å². The summed E-state index contributed by atoms with van der Waals surface area (Å²) in [6.07, 6.45) is 7.52. The monoisotopic (exact) mass is 283 g/mol. The molecule has 1 saturated heterocycles. The van der Waals surface area contributed by atoms with E-state index in [-0.39, 0.29) is 0 Å². The summed E-state index contributed by atoms with van der Waals surface area (Å²) in [5.41, 5.74) is 6.47. The van der Waals surface area contributed by atoms with Crippen molar-refractivity contribution in [3.63, 3.8) is 0 Å². The van der Waals surface area contributed by atoms with Gasteiger partial charge in [0, 0.05) is 12.6 Å². The number of piperidine rings is 1. The highest BCUT2D eigenvalue weighted by Crippen LogP contribution is 2.37. The summed E-state index contributed by atoms with van der Waals surface area (Å²) in [5.74, 6) is 0.893. The zero-order chi connectivity index (χ0) is 14.7. The van der Waals surface area contributed by atoms with Gasteiger partial charge in [-0.05, 0) is 50.1 Å². The Morgan fingerprint density at radius 2 is 1.95 bits per heavy atom. The third-order valence-electron chi connectivity index (χ3n) is 5.39. The maximum absolute atomic E-state index is 9.56. The summed E-state index contributed by atoms with van der Waals surface area (Å²) in [6.45, 7) is 2.12. The van der Waals surface area contributed by atoms with Crippen molar-refractivity contribution >= 4 is 0 Å². The number of rotatable bonds is 4. The molecule has 3 heteroatoms. The van der Waals surface area contributed by atoms with Crippen molar-refractivity contribution < 1.29 is 0 Å². The van der Waals surface area contributed by atoms with Gasteiger partial charge in [-0.2, -0.15) is 5.26 Å². The standard InChI is InChI=1S/C18H25N3/c19-14-18(20,16-8-2-1-3-9-16)11-13-21-12-5-7-15-6-4-10-17(15)21/h1-3,8-9,15,17H,4-7,10-13,20H2. The van der Waals surface area contributed by atoms with Gasteiger partial charge in [-0.15, -0.1) is 0 Å². The van der Waals surface area contributed by atoms with Crippen molar-refractivity contribution in [1.29, 1.82) is 5.26 Å². The van der Waals surface area contributed by atoms with Gasteiger partial charge in [0.2, 0.25) is 0 Å². The van der Waals surface area contributed by atoms with Crippen LogP contribution >= 0.6 is 0 Å². The number of likely N-dealkylation sites (tertiary alicyclic amines) is 1. The van der Waals surface area contributed by atoms with Gasteiger partial charge in [0.1, 0.15) is 5.54 Å². The zero-order valence-corrected chi connectivity index (χ0v) is 12.7. The summed E-state index contributed by atoms with van der Waals surface area (Å²) >= 11 is 0. The molecule has 1 heterocycles. The van der Waals surface area contributed by atoms with Crippen molar-refractivity contribution in [3.8, 4) is 6.07 Å². The minimum Gasteiger partial charge on any atom is -0.310 e. The van der Waals surface area contributed by atoms with Crippen LogP contribution in [-0.2, 0) is 5.54 Å². The van der Waals surface area contributed by atoms with Gasteiger partial charge >= 0.3 is 0 Å². The van der Waals surface area contributed by atoms with E-state index in [1.54, 1.807) is 0 Å². The van der Waals surface area contributed by atoms with Crippen LogP contribution in [0.4, 0.5) is 0 Å². The number of nitrogens with two attached hydrogens (primary N) is 1.